The van der Waals surface area contributed by atoms with Crippen molar-refractivity contribution < 1.29 is 28.7 Å². The van der Waals surface area contributed by atoms with Crippen molar-refractivity contribution in [3.63, 3.8) is 0 Å². The van der Waals surface area contributed by atoms with Crippen LogP contribution in [0.15, 0.2) is 80.6 Å². The summed E-state index contributed by atoms with van der Waals surface area (Å²) < 4.78 is 11.9. The van der Waals surface area contributed by atoms with E-state index in [0.29, 0.717) is 15.4 Å². The Hall–Kier alpha value is -2.84. The molecule has 8 heteroatoms. The molecule has 0 fully saturated rings. The van der Waals surface area contributed by atoms with E-state index < -0.39 is 23.5 Å². The van der Waals surface area contributed by atoms with Crippen LogP contribution in [0, 0.1) is 0 Å². The van der Waals surface area contributed by atoms with Gasteiger partial charge in [-0.25, -0.2) is 9.59 Å². The second-order valence-corrected chi connectivity index (χ2v) is 11.0. The van der Waals surface area contributed by atoms with Gasteiger partial charge in [-0.15, -0.1) is 0 Å². The van der Waals surface area contributed by atoms with Crippen LogP contribution in [-0.4, -0.2) is 23.5 Å². The van der Waals surface area contributed by atoms with E-state index in [-0.39, 0.29) is 34.6 Å². The summed E-state index contributed by atoms with van der Waals surface area (Å²) in [4.78, 5) is 52.1. The topological polar surface area (TPSA) is 86.7 Å². The molecule has 0 aromatic heterocycles. The highest BCUT2D eigenvalue weighted by Gasteiger charge is 2.34. The predicted molar refractivity (Wildman–Crippen MR) is 156 cm³/mol. The number of ketones is 2. The van der Waals surface area contributed by atoms with Gasteiger partial charge in [0.1, 0.15) is 0 Å². The number of carbonyl (C=O) groups is 4. The van der Waals surface area contributed by atoms with Crippen LogP contribution < -0.4 is 0 Å². The average Bonchev–Trinajstić information content (AvgIpc) is 2.92. The minimum atomic E-state index is -0.772. The van der Waals surface area contributed by atoms with E-state index in [4.69, 9.17) is 9.47 Å². The molecular formula is C31H32Br2O6. The SMILES string of the molecule is CCCCCCCCCCCC1=C(OC(=O)c2ccccc2Br)C(=O)C=C(OC(=O)c2ccccc2Br)C1=O. The summed E-state index contributed by atoms with van der Waals surface area (Å²) in [5, 5.41) is 0. The van der Waals surface area contributed by atoms with Crippen molar-refractivity contribution in [2.24, 2.45) is 0 Å². The van der Waals surface area contributed by atoms with Crippen molar-refractivity contribution in [1.29, 1.82) is 0 Å². The Morgan fingerprint density at radius 1 is 0.692 bits per heavy atom. The molecule has 0 spiro atoms. The van der Waals surface area contributed by atoms with Crippen molar-refractivity contribution in [3.8, 4) is 0 Å². The number of benzene rings is 2. The maximum Gasteiger partial charge on any atom is 0.344 e. The van der Waals surface area contributed by atoms with E-state index in [0.717, 1.165) is 25.3 Å². The first-order chi connectivity index (χ1) is 18.8. The lowest BCUT2D eigenvalue weighted by molar-refractivity contribution is -0.119. The van der Waals surface area contributed by atoms with Gasteiger partial charge in [0.2, 0.25) is 11.6 Å². The zero-order chi connectivity index (χ0) is 28.2. The first-order valence-corrected chi connectivity index (χ1v) is 14.9. The van der Waals surface area contributed by atoms with E-state index in [1.165, 1.54) is 32.1 Å². The maximum atomic E-state index is 13.4. The fourth-order valence-corrected chi connectivity index (χ4v) is 5.13. The molecule has 39 heavy (non-hydrogen) atoms. The van der Waals surface area contributed by atoms with Gasteiger partial charge in [0.05, 0.1) is 16.7 Å². The second kappa shape index (κ2) is 15.7. The Labute approximate surface area is 246 Å². The van der Waals surface area contributed by atoms with Crippen LogP contribution in [-0.2, 0) is 19.1 Å². The van der Waals surface area contributed by atoms with E-state index >= 15 is 0 Å². The van der Waals surface area contributed by atoms with Crippen LogP contribution in [0.4, 0.5) is 0 Å². The molecule has 0 amide bonds. The highest BCUT2D eigenvalue weighted by atomic mass is 79.9. The molecule has 0 radical (unpaired) electrons. The third-order valence-corrected chi connectivity index (χ3v) is 7.76. The number of Topliss-reactive ketones (excluding diaryl/α,β-unsaturated/α-hetero) is 1. The van der Waals surface area contributed by atoms with Gasteiger partial charge in [0, 0.05) is 15.0 Å². The first-order valence-electron chi connectivity index (χ1n) is 13.3. The zero-order valence-electron chi connectivity index (χ0n) is 22.0. The molecule has 206 valence electrons. The largest absolute Gasteiger partial charge is 0.419 e. The highest BCUT2D eigenvalue weighted by molar-refractivity contribution is 9.10. The van der Waals surface area contributed by atoms with Gasteiger partial charge < -0.3 is 9.47 Å². The van der Waals surface area contributed by atoms with Crippen molar-refractivity contribution in [3.05, 3.63) is 91.8 Å². The quantitative estimate of drug-likeness (QED) is 0.115. The molecule has 0 heterocycles. The van der Waals surface area contributed by atoms with E-state index in [2.05, 4.69) is 38.8 Å². The minimum absolute atomic E-state index is 0.0424. The molecule has 0 atom stereocenters. The Morgan fingerprint density at radius 2 is 1.18 bits per heavy atom. The molecule has 0 saturated heterocycles. The van der Waals surface area contributed by atoms with Crippen LogP contribution in [0.1, 0.15) is 91.8 Å². The molecule has 2 aromatic rings. The lowest BCUT2D eigenvalue weighted by Gasteiger charge is -2.19. The Morgan fingerprint density at radius 3 is 1.72 bits per heavy atom. The third-order valence-electron chi connectivity index (χ3n) is 6.37. The number of hydrogen-bond donors (Lipinski definition) is 0. The molecule has 0 N–H and O–H groups in total. The van der Waals surface area contributed by atoms with Crippen LogP contribution in [0.25, 0.3) is 0 Å². The number of halogens is 2. The molecular weight excluding hydrogens is 628 g/mol. The van der Waals surface area contributed by atoms with Crippen LogP contribution in [0.2, 0.25) is 0 Å². The minimum Gasteiger partial charge on any atom is -0.419 e. The monoisotopic (exact) mass is 658 g/mol. The average molecular weight is 660 g/mol. The number of unbranched alkanes of at least 4 members (excludes halogenated alkanes) is 8. The molecule has 0 unspecified atom stereocenters. The van der Waals surface area contributed by atoms with Crippen molar-refractivity contribution in [2.45, 2.75) is 71.1 Å². The molecule has 3 rings (SSSR count). The molecule has 0 aliphatic heterocycles. The Balaban J connectivity index is 1.74. The first kappa shape index (κ1) is 30.7. The van der Waals surface area contributed by atoms with Crippen molar-refractivity contribution >= 4 is 55.4 Å². The standard InChI is InChI=1S/C31H32Br2O6/c1-2-3-4-5-6-7-8-9-10-17-23-28(35)27(38-30(36)21-15-11-13-18-24(21)32)20-26(34)29(23)39-31(37)22-16-12-14-19-25(22)33/h11-16,18-20H,2-10,17H2,1H3. The summed E-state index contributed by atoms with van der Waals surface area (Å²) in [6.45, 7) is 2.19. The predicted octanol–water partition coefficient (Wildman–Crippen LogP) is 8.44. The molecule has 6 nitrogen and oxygen atoms in total. The van der Waals surface area contributed by atoms with Crippen molar-refractivity contribution in [2.75, 3.05) is 0 Å². The fraction of sp³-hybridized carbons (Fsp3) is 0.355. The summed E-state index contributed by atoms with van der Waals surface area (Å²) in [5.41, 5.74) is 0.484. The van der Waals surface area contributed by atoms with E-state index in [1.807, 2.05) is 0 Å². The Bertz CT molecular complexity index is 1280. The summed E-state index contributed by atoms with van der Waals surface area (Å²) in [6, 6.07) is 13.3. The lowest BCUT2D eigenvalue weighted by Crippen LogP contribution is -2.25. The van der Waals surface area contributed by atoms with Crippen LogP contribution in [0.3, 0.4) is 0 Å². The maximum absolute atomic E-state index is 13.4. The molecule has 0 saturated carbocycles. The molecule has 0 bridgehead atoms. The number of rotatable bonds is 14. The van der Waals surface area contributed by atoms with Crippen LogP contribution in [0.5, 0.6) is 0 Å². The molecule has 1 aliphatic carbocycles. The summed E-state index contributed by atoms with van der Waals surface area (Å²) >= 11 is 6.61. The van der Waals surface area contributed by atoms with Gasteiger partial charge in [-0.2, -0.15) is 0 Å². The number of ether oxygens (including phenoxy) is 2. The lowest BCUT2D eigenvalue weighted by atomic mass is 9.94. The zero-order valence-corrected chi connectivity index (χ0v) is 25.1. The van der Waals surface area contributed by atoms with E-state index in [9.17, 15) is 19.2 Å². The smallest absolute Gasteiger partial charge is 0.344 e. The van der Waals surface area contributed by atoms with Gasteiger partial charge in [0.25, 0.3) is 0 Å². The number of carbonyl (C=O) groups excluding carboxylic acids is 4. The van der Waals surface area contributed by atoms with Gasteiger partial charge in [0.15, 0.2) is 11.5 Å². The third kappa shape index (κ3) is 8.83. The van der Waals surface area contributed by atoms with Gasteiger partial charge >= 0.3 is 11.9 Å². The Kier molecular flexibility index (Phi) is 12.3. The van der Waals surface area contributed by atoms with Gasteiger partial charge in [-0.05, 0) is 69.0 Å². The molecule has 1 aliphatic rings. The van der Waals surface area contributed by atoms with Gasteiger partial charge in [-0.3, -0.25) is 9.59 Å². The number of esters is 2. The molecule has 2 aromatic carbocycles. The number of allylic oxidation sites excluding steroid dienone is 2. The van der Waals surface area contributed by atoms with E-state index in [1.54, 1.807) is 48.5 Å². The second-order valence-electron chi connectivity index (χ2n) is 9.33. The highest BCUT2D eigenvalue weighted by Crippen LogP contribution is 2.29. The fourth-order valence-electron chi connectivity index (χ4n) is 4.23. The summed E-state index contributed by atoms with van der Waals surface area (Å²) in [7, 11) is 0. The number of hydrogen-bond acceptors (Lipinski definition) is 6. The normalized spacial score (nSPS) is 13.4. The van der Waals surface area contributed by atoms with Crippen molar-refractivity contribution in [1.82, 2.24) is 0 Å². The van der Waals surface area contributed by atoms with Gasteiger partial charge in [-0.1, -0.05) is 82.6 Å². The van der Waals surface area contributed by atoms with Crippen LogP contribution >= 0.6 is 31.9 Å². The summed E-state index contributed by atoms with van der Waals surface area (Å²) in [5.74, 6) is -3.56. The summed E-state index contributed by atoms with van der Waals surface area (Å²) in [6.07, 6.45) is 10.9.